The van der Waals surface area contributed by atoms with Crippen molar-refractivity contribution in [1.29, 1.82) is 0 Å². The van der Waals surface area contributed by atoms with Gasteiger partial charge < -0.3 is 19.5 Å². The topological polar surface area (TPSA) is 55.2 Å². The van der Waals surface area contributed by atoms with Gasteiger partial charge in [-0.25, -0.2) is 0 Å². The lowest BCUT2D eigenvalue weighted by molar-refractivity contribution is 0.479. The van der Waals surface area contributed by atoms with Gasteiger partial charge in [-0.05, 0) is 110 Å². The fraction of sp³-hybridized carbons (Fsp3) is 0.182. The van der Waals surface area contributed by atoms with Crippen molar-refractivity contribution in [3.8, 4) is 11.5 Å². The Kier molecular flexibility index (Phi) is 7.05. The third kappa shape index (κ3) is 4.96. The summed E-state index contributed by atoms with van der Waals surface area (Å²) in [4.78, 5) is 11.1. The van der Waals surface area contributed by atoms with Crippen molar-refractivity contribution in [2.24, 2.45) is 0 Å². The molecule has 2 aromatic carbocycles. The molecule has 0 aliphatic carbocycles. The Morgan fingerprint density at radius 2 is 1.62 bits per heavy atom. The highest BCUT2D eigenvalue weighted by Crippen LogP contribution is 2.43. The second-order valence-corrected chi connectivity index (χ2v) is 10.5. The molecule has 0 bridgehead atoms. The fourth-order valence-electron chi connectivity index (χ4n) is 5.46. The minimum absolute atomic E-state index is 0.0806. The van der Waals surface area contributed by atoms with Crippen LogP contribution in [0.15, 0.2) is 104 Å². The van der Waals surface area contributed by atoms with Crippen molar-refractivity contribution < 1.29 is 4.74 Å². The molecule has 0 saturated carbocycles. The molecule has 6 nitrogen and oxygen atoms in total. The van der Waals surface area contributed by atoms with Gasteiger partial charge >= 0.3 is 0 Å². The summed E-state index contributed by atoms with van der Waals surface area (Å²) in [7, 11) is 0. The summed E-state index contributed by atoms with van der Waals surface area (Å²) in [5, 5.41) is 4.25. The molecule has 1 aliphatic rings. The summed E-state index contributed by atoms with van der Waals surface area (Å²) in [5.41, 5.74) is 7.88. The van der Waals surface area contributed by atoms with E-state index in [9.17, 15) is 0 Å². The van der Waals surface area contributed by atoms with Crippen LogP contribution in [0.25, 0.3) is 0 Å². The van der Waals surface area contributed by atoms with Crippen molar-refractivity contribution >= 4 is 23.0 Å². The van der Waals surface area contributed by atoms with Gasteiger partial charge in [0.1, 0.15) is 11.5 Å². The number of pyridine rings is 2. The number of hydrogen-bond donors (Lipinski definition) is 1. The van der Waals surface area contributed by atoms with Crippen molar-refractivity contribution in [2.75, 3.05) is 4.90 Å². The van der Waals surface area contributed by atoms with E-state index in [4.69, 9.17) is 21.9 Å². The first kappa shape index (κ1) is 25.8. The lowest BCUT2D eigenvalue weighted by atomic mass is 9.96. The number of para-hydroxylation sites is 1. The maximum Gasteiger partial charge on any atom is 0.174 e. The normalized spacial score (nSPS) is 16.7. The highest BCUT2D eigenvalue weighted by molar-refractivity contribution is 7.80. The number of rotatable bonds is 7. The van der Waals surface area contributed by atoms with E-state index >= 15 is 0 Å². The van der Waals surface area contributed by atoms with Gasteiger partial charge in [0, 0.05) is 42.2 Å². The first-order chi connectivity index (χ1) is 19.5. The first-order valence-corrected chi connectivity index (χ1v) is 13.8. The zero-order valence-electron chi connectivity index (χ0n) is 22.8. The molecule has 2 atom stereocenters. The summed E-state index contributed by atoms with van der Waals surface area (Å²) < 4.78 is 8.53. The summed E-state index contributed by atoms with van der Waals surface area (Å²) in [6, 6.07) is 28.4. The van der Waals surface area contributed by atoms with E-state index in [0.717, 1.165) is 35.0 Å². The van der Waals surface area contributed by atoms with Crippen molar-refractivity contribution in [2.45, 2.75) is 39.4 Å². The Morgan fingerprint density at radius 1 is 0.875 bits per heavy atom. The van der Waals surface area contributed by atoms with Crippen LogP contribution in [0.3, 0.4) is 0 Å². The number of anilines is 1. The number of aromatic nitrogens is 3. The van der Waals surface area contributed by atoms with Gasteiger partial charge in [0.05, 0.1) is 17.8 Å². The van der Waals surface area contributed by atoms with Gasteiger partial charge in [-0.1, -0.05) is 24.3 Å². The van der Waals surface area contributed by atoms with Crippen LogP contribution in [0, 0.1) is 20.8 Å². The predicted octanol–water partition coefficient (Wildman–Crippen LogP) is 7.22. The lowest BCUT2D eigenvalue weighted by Gasteiger charge is -2.28. The summed E-state index contributed by atoms with van der Waals surface area (Å²) in [6.45, 7) is 7.18. The van der Waals surface area contributed by atoms with Crippen LogP contribution in [0.5, 0.6) is 11.5 Å². The van der Waals surface area contributed by atoms with Gasteiger partial charge in [0.15, 0.2) is 5.11 Å². The summed E-state index contributed by atoms with van der Waals surface area (Å²) in [6.07, 6.45) is 5.52. The van der Waals surface area contributed by atoms with Crippen LogP contribution >= 0.6 is 12.2 Å². The number of hydrogen-bond acceptors (Lipinski definition) is 4. The largest absolute Gasteiger partial charge is 0.457 e. The molecule has 5 aromatic rings. The molecule has 7 heteroatoms. The zero-order chi connectivity index (χ0) is 27.6. The minimum Gasteiger partial charge on any atom is -0.457 e. The van der Waals surface area contributed by atoms with E-state index in [2.05, 4.69) is 70.0 Å². The average Bonchev–Trinajstić information content (AvgIpc) is 3.46. The van der Waals surface area contributed by atoms with Crippen LogP contribution < -0.4 is 15.0 Å². The highest BCUT2D eigenvalue weighted by atomic mass is 32.1. The fourth-order valence-corrected chi connectivity index (χ4v) is 5.81. The number of aryl methyl sites for hydroxylation is 2. The van der Waals surface area contributed by atoms with E-state index in [0.29, 0.717) is 5.11 Å². The Hall–Kier alpha value is -4.49. The number of nitrogens with zero attached hydrogens (tertiary/aromatic N) is 4. The first-order valence-electron chi connectivity index (χ1n) is 13.4. The van der Waals surface area contributed by atoms with E-state index in [-0.39, 0.29) is 12.1 Å². The van der Waals surface area contributed by atoms with Gasteiger partial charge in [-0.2, -0.15) is 0 Å². The predicted molar refractivity (Wildman–Crippen MR) is 163 cm³/mol. The highest BCUT2D eigenvalue weighted by Gasteiger charge is 2.42. The molecule has 1 fully saturated rings. The van der Waals surface area contributed by atoms with Crippen LogP contribution in [-0.4, -0.2) is 19.6 Å². The molecule has 200 valence electrons. The number of thiocarbonyl (C=S) groups is 1. The van der Waals surface area contributed by atoms with E-state index < -0.39 is 0 Å². The molecule has 1 saturated heterocycles. The van der Waals surface area contributed by atoms with Crippen LogP contribution in [0.4, 0.5) is 5.69 Å². The average molecular weight is 546 g/mol. The summed E-state index contributed by atoms with van der Waals surface area (Å²) >= 11 is 5.96. The van der Waals surface area contributed by atoms with Crippen LogP contribution in [-0.2, 0) is 6.54 Å². The van der Waals surface area contributed by atoms with Crippen molar-refractivity contribution in [1.82, 2.24) is 19.9 Å². The van der Waals surface area contributed by atoms with E-state index in [1.807, 2.05) is 74.0 Å². The third-order valence-electron chi connectivity index (χ3n) is 7.56. The van der Waals surface area contributed by atoms with Gasteiger partial charge in [-0.15, -0.1) is 0 Å². The molecule has 3 aromatic heterocycles. The zero-order valence-corrected chi connectivity index (χ0v) is 23.6. The monoisotopic (exact) mass is 545 g/mol. The molecule has 0 unspecified atom stereocenters. The second kappa shape index (κ2) is 10.9. The molecule has 0 spiro atoms. The Bertz CT molecular complexity index is 1630. The van der Waals surface area contributed by atoms with E-state index in [1.54, 1.807) is 0 Å². The Labute approximate surface area is 240 Å². The van der Waals surface area contributed by atoms with Crippen LogP contribution in [0.2, 0.25) is 0 Å². The van der Waals surface area contributed by atoms with Gasteiger partial charge in [-0.3, -0.25) is 9.97 Å². The van der Waals surface area contributed by atoms with Gasteiger partial charge in [0.2, 0.25) is 0 Å². The summed E-state index contributed by atoms with van der Waals surface area (Å²) in [5.74, 6) is 1.63. The van der Waals surface area contributed by atoms with Crippen molar-refractivity contribution in [3.05, 3.63) is 137 Å². The maximum atomic E-state index is 6.17. The molecular weight excluding hydrogens is 514 g/mol. The quantitative estimate of drug-likeness (QED) is 0.218. The van der Waals surface area contributed by atoms with E-state index in [1.165, 1.54) is 22.5 Å². The van der Waals surface area contributed by atoms with Crippen molar-refractivity contribution in [3.63, 3.8) is 0 Å². The number of nitrogens with one attached hydrogen (secondary N) is 1. The molecule has 4 heterocycles. The minimum atomic E-state index is -0.105. The molecule has 1 aliphatic heterocycles. The maximum absolute atomic E-state index is 6.17. The Balaban J connectivity index is 1.38. The molecule has 0 amide bonds. The number of benzene rings is 2. The smallest absolute Gasteiger partial charge is 0.174 e. The molecular formula is C33H31N5OS. The second-order valence-electron chi connectivity index (χ2n) is 10.1. The molecule has 6 rings (SSSR count). The molecule has 1 N–H and O–H groups in total. The SMILES string of the molecule is Cc1ccccc1Oc1ccc(N2C(=S)N[C@H](c3ccccn3)[C@@H]2c2cc(C)n(Cc3ccncc3)c2C)cc1. The number of ether oxygens (including phenoxy) is 1. The van der Waals surface area contributed by atoms with Gasteiger partial charge in [0.25, 0.3) is 0 Å². The standard InChI is InChI=1S/C33H31N5OS/c1-22-8-4-5-10-30(22)39-27-13-11-26(12-14-27)38-32(31(36-33(38)40)29-9-6-7-17-35-29)28-20-23(2)37(24(28)3)21-25-15-18-34-19-16-25/h4-20,31-32H,21H2,1-3H3,(H,36,40)/t31-,32+/m1/s1. The van der Waals surface area contributed by atoms with Crippen LogP contribution in [0.1, 0.15) is 45.9 Å². The third-order valence-corrected chi connectivity index (χ3v) is 7.87. The Morgan fingerprint density at radius 3 is 2.35 bits per heavy atom. The molecule has 0 radical (unpaired) electrons. The molecule has 40 heavy (non-hydrogen) atoms. The lowest BCUT2D eigenvalue weighted by Crippen LogP contribution is -2.29.